The highest BCUT2D eigenvalue weighted by molar-refractivity contribution is 5.50. The number of nitrogens with zero attached hydrogens (tertiary/aromatic N) is 1. The summed E-state index contributed by atoms with van der Waals surface area (Å²) in [5.74, 6) is 0. The molecule has 0 radical (unpaired) electrons. The highest BCUT2D eigenvalue weighted by Gasteiger charge is 2.39. The van der Waals surface area contributed by atoms with E-state index in [9.17, 15) is 10.1 Å². The van der Waals surface area contributed by atoms with Crippen LogP contribution in [0.25, 0.3) is 0 Å². The van der Waals surface area contributed by atoms with Gasteiger partial charge in [-0.1, -0.05) is 0 Å². The van der Waals surface area contributed by atoms with Crippen LogP contribution in [0.5, 0.6) is 0 Å². The van der Waals surface area contributed by atoms with E-state index in [4.69, 9.17) is 10.5 Å². The Hall–Kier alpha value is -1.66. The van der Waals surface area contributed by atoms with Crippen LogP contribution in [0, 0.1) is 10.1 Å². The van der Waals surface area contributed by atoms with E-state index in [1.54, 1.807) is 12.1 Å². The number of benzene rings is 1. The minimum Gasteiger partial charge on any atom is -0.378 e. The summed E-state index contributed by atoms with van der Waals surface area (Å²) in [6.07, 6.45) is 0.971. The van der Waals surface area contributed by atoms with Gasteiger partial charge in [0.15, 0.2) is 0 Å². The number of hydrogen-bond donors (Lipinski definition) is 2. The maximum Gasteiger partial charge on any atom is 0.269 e. The fourth-order valence-corrected chi connectivity index (χ4v) is 2.10. The second kappa shape index (κ2) is 5.32. The third-order valence-corrected chi connectivity index (χ3v) is 3.16. The summed E-state index contributed by atoms with van der Waals surface area (Å²) in [5.41, 5.74) is 6.83. The topological polar surface area (TPSA) is 90.4 Å². The molecule has 18 heavy (non-hydrogen) atoms. The molecule has 6 nitrogen and oxygen atoms in total. The molecule has 1 aliphatic rings. The van der Waals surface area contributed by atoms with Gasteiger partial charge < -0.3 is 15.8 Å². The fourth-order valence-electron chi connectivity index (χ4n) is 2.10. The van der Waals surface area contributed by atoms with Crippen LogP contribution in [0.1, 0.15) is 13.3 Å². The molecule has 0 heterocycles. The number of nitro groups is 1. The molecular formula is C12H17N3O3. The molecule has 3 N–H and O–H groups in total. The van der Waals surface area contributed by atoms with Crippen molar-refractivity contribution < 1.29 is 9.66 Å². The summed E-state index contributed by atoms with van der Waals surface area (Å²) in [6, 6.07) is 6.46. The number of hydrogen-bond acceptors (Lipinski definition) is 5. The molecule has 0 aliphatic heterocycles. The average Bonchev–Trinajstić information content (AvgIpc) is 2.36. The Morgan fingerprint density at radius 2 is 2.17 bits per heavy atom. The highest BCUT2D eigenvalue weighted by Crippen LogP contribution is 2.27. The maximum absolute atomic E-state index is 10.5. The zero-order chi connectivity index (χ0) is 13.1. The summed E-state index contributed by atoms with van der Waals surface area (Å²) < 4.78 is 5.54. The van der Waals surface area contributed by atoms with Gasteiger partial charge in [0.1, 0.15) is 0 Å². The van der Waals surface area contributed by atoms with Crippen molar-refractivity contribution in [3.63, 3.8) is 0 Å². The van der Waals surface area contributed by atoms with E-state index in [0.717, 1.165) is 12.1 Å². The van der Waals surface area contributed by atoms with Gasteiger partial charge in [-0.25, -0.2) is 0 Å². The van der Waals surface area contributed by atoms with E-state index >= 15 is 0 Å². The Morgan fingerprint density at radius 1 is 1.50 bits per heavy atom. The first-order chi connectivity index (χ1) is 8.61. The largest absolute Gasteiger partial charge is 0.378 e. The Balaban J connectivity index is 1.98. The van der Waals surface area contributed by atoms with Crippen LogP contribution in [0.2, 0.25) is 0 Å². The van der Waals surface area contributed by atoms with Gasteiger partial charge in [0.2, 0.25) is 0 Å². The van der Waals surface area contributed by atoms with Gasteiger partial charge in [-0.2, -0.15) is 0 Å². The van der Waals surface area contributed by atoms with Crippen molar-refractivity contribution in [3.05, 3.63) is 34.4 Å². The molecule has 3 unspecified atom stereocenters. The van der Waals surface area contributed by atoms with Crippen molar-refractivity contribution in [2.24, 2.45) is 5.73 Å². The smallest absolute Gasteiger partial charge is 0.269 e. The van der Waals surface area contributed by atoms with Crippen molar-refractivity contribution in [2.75, 3.05) is 11.9 Å². The van der Waals surface area contributed by atoms with Crippen molar-refractivity contribution in [1.29, 1.82) is 0 Å². The molecule has 1 fully saturated rings. The first-order valence-corrected chi connectivity index (χ1v) is 6.00. The first kappa shape index (κ1) is 12.8. The minimum absolute atomic E-state index is 0.0664. The predicted octanol–water partition coefficient (Wildman–Crippen LogP) is 1.51. The summed E-state index contributed by atoms with van der Waals surface area (Å²) in [4.78, 5) is 10.1. The molecule has 0 spiro atoms. The number of ether oxygens (including phenoxy) is 1. The summed E-state index contributed by atoms with van der Waals surface area (Å²) in [7, 11) is 0. The van der Waals surface area contributed by atoms with E-state index in [2.05, 4.69) is 5.32 Å². The number of nitrogens with one attached hydrogen (secondary N) is 1. The normalized spacial score (nSPS) is 26.4. The highest BCUT2D eigenvalue weighted by atomic mass is 16.6. The van der Waals surface area contributed by atoms with Crippen molar-refractivity contribution >= 4 is 11.4 Å². The molecule has 1 aromatic rings. The number of anilines is 1. The Morgan fingerprint density at radius 3 is 2.67 bits per heavy atom. The van der Waals surface area contributed by atoms with E-state index in [1.165, 1.54) is 12.1 Å². The number of non-ortho nitro benzene ring substituents is 1. The van der Waals surface area contributed by atoms with Crippen molar-refractivity contribution in [2.45, 2.75) is 31.5 Å². The quantitative estimate of drug-likeness (QED) is 0.611. The maximum atomic E-state index is 10.5. The van der Waals surface area contributed by atoms with E-state index in [1.807, 2.05) is 6.92 Å². The second-order valence-electron chi connectivity index (χ2n) is 4.37. The zero-order valence-corrected chi connectivity index (χ0v) is 10.2. The molecule has 1 aliphatic carbocycles. The lowest BCUT2D eigenvalue weighted by Gasteiger charge is -2.43. The Kier molecular flexibility index (Phi) is 3.78. The van der Waals surface area contributed by atoms with Gasteiger partial charge in [0.05, 0.1) is 17.1 Å². The third kappa shape index (κ3) is 2.60. The molecule has 0 bridgehead atoms. The molecule has 98 valence electrons. The van der Waals surface area contributed by atoms with E-state index in [-0.39, 0.29) is 23.9 Å². The lowest BCUT2D eigenvalue weighted by molar-refractivity contribution is -0.384. The lowest BCUT2D eigenvalue weighted by atomic mass is 9.83. The van der Waals surface area contributed by atoms with Crippen LogP contribution < -0.4 is 11.1 Å². The van der Waals surface area contributed by atoms with Crippen LogP contribution in [0.3, 0.4) is 0 Å². The van der Waals surface area contributed by atoms with Gasteiger partial charge in [-0.15, -0.1) is 0 Å². The third-order valence-electron chi connectivity index (χ3n) is 3.16. The number of nitro benzene ring substituents is 1. The van der Waals surface area contributed by atoms with Crippen molar-refractivity contribution in [1.82, 2.24) is 0 Å². The average molecular weight is 251 g/mol. The molecule has 1 aromatic carbocycles. The van der Waals surface area contributed by atoms with E-state index in [0.29, 0.717) is 6.61 Å². The monoisotopic (exact) mass is 251 g/mol. The zero-order valence-electron chi connectivity index (χ0n) is 10.2. The van der Waals surface area contributed by atoms with Crippen LogP contribution in [-0.4, -0.2) is 29.7 Å². The molecule has 1 saturated carbocycles. The van der Waals surface area contributed by atoms with Gasteiger partial charge in [0.25, 0.3) is 5.69 Å². The summed E-state index contributed by atoms with van der Waals surface area (Å²) in [6.45, 7) is 2.61. The lowest BCUT2D eigenvalue weighted by Crippen LogP contribution is -2.60. The van der Waals surface area contributed by atoms with Crippen LogP contribution in [0.4, 0.5) is 11.4 Å². The molecule has 6 heteroatoms. The fraction of sp³-hybridized carbons (Fsp3) is 0.500. The molecule has 0 aromatic heterocycles. The molecule has 2 rings (SSSR count). The van der Waals surface area contributed by atoms with E-state index < -0.39 is 4.92 Å². The molecular weight excluding hydrogens is 234 g/mol. The number of nitrogens with two attached hydrogens (primary N) is 1. The predicted molar refractivity (Wildman–Crippen MR) is 68.5 cm³/mol. The Bertz CT molecular complexity index is 419. The molecule has 0 saturated heterocycles. The van der Waals surface area contributed by atoms with Crippen LogP contribution in [0.15, 0.2) is 24.3 Å². The van der Waals surface area contributed by atoms with Gasteiger partial charge in [-0.3, -0.25) is 10.1 Å². The van der Waals surface area contributed by atoms with Crippen molar-refractivity contribution in [3.8, 4) is 0 Å². The number of rotatable bonds is 5. The standard InChI is InChI=1S/C12H17N3O3/c1-2-18-11-7-10(13)12(11)14-8-3-5-9(6-4-8)15(16)17/h3-6,10-12,14H,2,7,13H2,1H3. The first-order valence-electron chi connectivity index (χ1n) is 6.00. The molecule has 0 amide bonds. The second-order valence-corrected chi connectivity index (χ2v) is 4.37. The SMILES string of the molecule is CCOC1CC(N)C1Nc1ccc([N+](=O)[O-])cc1. The minimum atomic E-state index is -0.415. The van der Waals surface area contributed by atoms with Gasteiger partial charge in [0, 0.05) is 30.5 Å². The van der Waals surface area contributed by atoms with Gasteiger partial charge >= 0.3 is 0 Å². The molecule has 3 atom stereocenters. The summed E-state index contributed by atoms with van der Waals surface area (Å²) in [5, 5.41) is 13.8. The Labute approximate surface area is 105 Å². The van der Waals surface area contributed by atoms with Gasteiger partial charge in [-0.05, 0) is 25.5 Å². The summed E-state index contributed by atoms with van der Waals surface area (Å²) >= 11 is 0. The van der Waals surface area contributed by atoms with Crippen LogP contribution in [-0.2, 0) is 4.74 Å². The van der Waals surface area contributed by atoms with Crippen LogP contribution >= 0.6 is 0 Å².